The summed E-state index contributed by atoms with van der Waals surface area (Å²) in [5.74, 6) is -1.35. The normalized spacial score (nSPS) is 15.3. The third-order valence-electron chi connectivity index (χ3n) is 4.27. The van der Waals surface area contributed by atoms with Gasteiger partial charge in [-0.15, -0.1) is 0 Å². The lowest BCUT2D eigenvalue weighted by Crippen LogP contribution is -2.43. The van der Waals surface area contributed by atoms with Gasteiger partial charge < -0.3 is 15.7 Å². The lowest BCUT2D eigenvalue weighted by Gasteiger charge is -2.36. The van der Waals surface area contributed by atoms with Crippen LogP contribution in [0.3, 0.4) is 0 Å². The zero-order chi connectivity index (χ0) is 16.7. The first-order valence-corrected chi connectivity index (χ1v) is 7.83. The van der Waals surface area contributed by atoms with Crippen LogP contribution in [0.4, 0.5) is 0 Å². The summed E-state index contributed by atoms with van der Waals surface area (Å²) in [7, 11) is 0. The summed E-state index contributed by atoms with van der Waals surface area (Å²) in [5.41, 5.74) is 0.123. The number of benzene rings is 1. The van der Waals surface area contributed by atoms with Gasteiger partial charge in [0, 0.05) is 25.9 Å². The number of aliphatic carboxylic acids is 1. The van der Waals surface area contributed by atoms with E-state index in [4.69, 9.17) is 0 Å². The summed E-state index contributed by atoms with van der Waals surface area (Å²) >= 11 is 0. The minimum Gasteiger partial charge on any atom is -0.481 e. The van der Waals surface area contributed by atoms with E-state index in [1.807, 2.05) is 30.3 Å². The first kappa shape index (κ1) is 17.0. The van der Waals surface area contributed by atoms with Crippen LogP contribution in [0.5, 0.6) is 0 Å². The molecule has 0 radical (unpaired) electrons. The molecule has 0 spiro atoms. The molecular formula is C17H22N2O4. The highest BCUT2D eigenvalue weighted by atomic mass is 16.4. The van der Waals surface area contributed by atoms with Crippen LogP contribution in [0.2, 0.25) is 0 Å². The fraction of sp³-hybridized carbons (Fsp3) is 0.471. The summed E-state index contributed by atoms with van der Waals surface area (Å²) in [6.07, 6.45) is 2.12. The number of carbonyl (C=O) groups is 3. The quantitative estimate of drug-likeness (QED) is 0.676. The second-order valence-corrected chi connectivity index (χ2v) is 5.98. The Hall–Kier alpha value is -2.37. The van der Waals surface area contributed by atoms with Crippen LogP contribution >= 0.6 is 0 Å². The largest absolute Gasteiger partial charge is 0.481 e. The summed E-state index contributed by atoms with van der Waals surface area (Å²) in [5, 5.41) is 14.6. The highest BCUT2D eigenvalue weighted by molar-refractivity contribution is 5.86. The van der Waals surface area contributed by atoms with Crippen molar-refractivity contribution in [2.45, 2.75) is 38.6 Å². The topological polar surface area (TPSA) is 95.5 Å². The number of rotatable bonds is 8. The van der Waals surface area contributed by atoms with E-state index in [0.717, 1.165) is 12.0 Å². The number of carbonyl (C=O) groups excluding carboxylic acids is 2. The Balaban J connectivity index is 1.63. The molecular weight excluding hydrogens is 296 g/mol. The summed E-state index contributed by atoms with van der Waals surface area (Å²) in [6, 6.07) is 9.56. The molecule has 2 amide bonds. The molecule has 3 N–H and O–H groups in total. The third kappa shape index (κ3) is 4.81. The molecule has 0 heterocycles. The number of carboxylic acids is 1. The number of hydrogen-bond donors (Lipinski definition) is 3. The van der Waals surface area contributed by atoms with Gasteiger partial charge in [-0.1, -0.05) is 36.8 Å². The van der Waals surface area contributed by atoms with Crippen molar-refractivity contribution in [2.24, 2.45) is 5.41 Å². The minimum atomic E-state index is -0.903. The Labute approximate surface area is 135 Å². The summed E-state index contributed by atoms with van der Waals surface area (Å²) in [6.45, 7) is 0.672. The Morgan fingerprint density at radius 3 is 2.30 bits per heavy atom. The van der Waals surface area contributed by atoms with Crippen molar-refractivity contribution >= 4 is 17.8 Å². The van der Waals surface area contributed by atoms with Crippen LogP contribution in [0.15, 0.2) is 30.3 Å². The van der Waals surface area contributed by atoms with Gasteiger partial charge >= 0.3 is 5.97 Å². The SMILES string of the molecule is O=C(CCNC(=O)CC1(C(=O)O)CCC1)NCc1ccccc1. The van der Waals surface area contributed by atoms with Crippen LogP contribution < -0.4 is 10.6 Å². The van der Waals surface area contributed by atoms with Gasteiger partial charge in [-0.2, -0.15) is 0 Å². The second kappa shape index (κ2) is 7.76. The number of amides is 2. The van der Waals surface area contributed by atoms with Crippen molar-refractivity contribution in [1.29, 1.82) is 0 Å². The smallest absolute Gasteiger partial charge is 0.310 e. The van der Waals surface area contributed by atoms with Crippen molar-refractivity contribution in [2.75, 3.05) is 6.54 Å². The summed E-state index contributed by atoms with van der Waals surface area (Å²) in [4.78, 5) is 34.7. The van der Waals surface area contributed by atoms with Crippen LogP contribution in [0.1, 0.15) is 37.7 Å². The number of carboxylic acid groups (broad SMARTS) is 1. The van der Waals surface area contributed by atoms with Gasteiger partial charge in [0.15, 0.2) is 0 Å². The standard InChI is InChI=1S/C17H22N2O4/c20-14(19-12-13-5-2-1-3-6-13)7-10-18-15(21)11-17(16(22)23)8-4-9-17/h1-3,5-6H,4,7-12H2,(H,18,21)(H,19,20)(H,22,23). The van der Waals surface area contributed by atoms with Crippen LogP contribution in [0.25, 0.3) is 0 Å². The molecule has 1 aliphatic rings. The predicted octanol–water partition coefficient (Wildman–Crippen LogP) is 1.45. The maximum Gasteiger partial charge on any atom is 0.310 e. The van der Waals surface area contributed by atoms with Gasteiger partial charge in [-0.3, -0.25) is 14.4 Å². The molecule has 1 fully saturated rings. The van der Waals surface area contributed by atoms with Gasteiger partial charge in [-0.05, 0) is 18.4 Å². The van der Waals surface area contributed by atoms with Crippen molar-refractivity contribution in [3.63, 3.8) is 0 Å². The fourth-order valence-electron chi connectivity index (χ4n) is 2.64. The van der Waals surface area contributed by atoms with Crippen molar-refractivity contribution in [3.05, 3.63) is 35.9 Å². The minimum absolute atomic E-state index is 0.00598. The predicted molar refractivity (Wildman–Crippen MR) is 84.5 cm³/mol. The molecule has 6 nitrogen and oxygen atoms in total. The van der Waals surface area contributed by atoms with Crippen molar-refractivity contribution in [3.8, 4) is 0 Å². The molecule has 0 saturated heterocycles. The molecule has 0 aliphatic heterocycles. The Morgan fingerprint density at radius 1 is 1.04 bits per heavy atom. The average molecular weight is 318 g/mol. The van der Waals surface area contributed by atoms with E-state index in [1.54, 1.807) is 0 Å². The summed E-state index contributed by atoms with van der Waals surface area (Å²) < 4.78 is 0. The van der Waals surface area contributed by atoms with E-state index in [9.17, 15) is 19.5 Å². The maximum atomic E-state index is 11.8. The van der Waals surface area contributed by atoms with E-state index in [-0.39, 0.29) is 31.2 Å². The molecule has 2 rings (SSSR count). The first-order chi connectivity index (χ1) is 11.0. The molecule has 6 heteroatoms. The Morgan fingerprint density at radius 2 is 1.74 bits per heavy atom. The highest BCUT2D eigenvalue weighted by Crippen LogP contribution is 2.44. The molecule has 0 bridgehead atoms. The van der Waals surface area contributed by atoms with E-state index >= 15 is 0 Å². The van der Waals surface area contributed by atoms with Gasteiger partial charge in [0.2, 0.25) is 11.8 Å². The molecule has 1 aliphatic carbocycles. The van der Waals surface area contributed by atoms with Crippen molar-refractivity contribution in [1.82, 2.24) is 10.6 Å². The molecule has 0 atom stereocenters. The van der Waals surface area contributed by atoms with E-state index < -0.39 is 11.4 Å². The average Bonchev–Trinajstić information content (AvgIpc) is 2.49. The van der Waals surface area contributed by atoms with E-state index in [2.05, 4.69) is 10.6 Å². The van der Waals surface area contributed by atoms with Crippen LogP contribution in [-0.4, -0.2) is 29.4 Å². The Bertz CT molecular complexity index is 567. The third-order valence-corrected chi connectivity index (χ3v) is 4.27. The van der Waals surface area contributed by atoms with E-state index in [1.165, 1.54) is 0 Å². The fourth-order valence-corrected chi connectivity index (χ4v) is 2.64. The van der Waals surface area contributed by atoms with Gasteiger partial charge in [-0.25, -0.2) is 0 Å². The monoisotopic (exact) mass is 318 g/mol. The second-order valence-electron chi connectivity index (χ2n) is 5.98. The van der Waals surface area contributed by atoms with E-state index in [0.29, 0.717) is 19.4 Å². The molecule has 0 unspecified atom stereocenters. The van der Waals surface area contributed by atoms with Crippen molar-refractivity contribution < 1.29 is 19.5 Å². The van der Waals surface area contributed by atoms with Gasteiger partial charge in [0.1, 0.15) is 0 Å². The molecule has 1 aromatic carbocycles. The molecule has 1 saturated carbocycles. The maximum absolute atomic E-state index is 11.8. The lowest BCUT2D eigenvalue weighted by atomic mass is 9.66. The van der Waals surface area contributed by atoms with Gasteiger partial charge in [0.25, 0.3) is 0 Å². The zero-order valence-electron chi connectivity index (χ0n) is 13.0. The Kier molecular flexibility index (Phi) is 5.73. The molecule has 1 aromatic rings. The van der Waals surface area contributed by atoms with Gasteiger partial charge in [0.05, 0.1) is 5.41 Å². The molecule has 0 aromatic heterocycles. The molecule has 23 heavy (non-hydrogen) atoms. The lowest BCUT2D eigenvalue weighted by molar-refractivity contribution is -0.157. The first-order valence-electron chi connectivity index (χ1n) is 7.83. The zero-order valence-corrected chi connectivity index (χ0v) is 13.0. The molecule has 124 valence electrons. The van der Waals surface area contributed by atoms with Crippen LogP contribution in [-0.2, 0) is 20.9 Å². The number of nitrogens with one attached hydrogen (secondary N) is 2. The number of hydrogen-bond acceptors (Lipinski definition) is 3. The van der Waals surface area contributed by atoms with Crippen LogP contribution in [0, 0.1) is 5.41 Å². The highest BCUT2D eigenvalue weighted by Gasteiger charge is 2.45.